The molecule has 2 aromatic carbocycles. The molecule has 12 heteroatoms. The maximum atomic E-state index is 12.5. The fourth-order valence-electron chi connectivity index (χ4n) is 3.06. The summed E-state index contributed by atoms with van der Waals surface area (Å²) in [7, 11) is -6.50. The number of hydrogen-bond acceptors (Lipinski definition) is 7. The molecule has 0 spiro atoms. The molecule has 1 atom stereocenters. The number of nitrogens with one attached hydrogen (secondary N) is 2. The molecule has 1 aliphatic heterocycles. The van der Waals surface area contributed by atoms with Crippen LogP contribution in [-0.2, 0) is 24.8 Å². The van der Waals surface area contributed by atoms with E-state index in [4.69, 9.17) is 14.6 Å². The van der Waals surface area contributed by atoms with Crippen LogP contribution in [0.5, 0.6) is 5.75 Å². The van der Waals surface area contributed by atoms with Gasteiger partial charge in [0.15, 0.2) is 0 Å². The van der Waals surface area contributed by atoms with Crippen LogP contribution in [0.3, 0.4) is 0 Å². The molecule has 3 rings (SSSR count). The molecule has 1 saturated heterocycles. The molecule has 31 heavy (non-hydrogen) atoms. The zero-order valence-electron chi connectivity index (χ0n) is 16.7. The number of anilines is 1. The van der Waals surface area contributed by atoms with Crippen molar-refractivity contribution in [2.45, 2.75) is 28.7 Å². The number of primary sulfonamides is 1. The third-order valence-corrected chi connectivity index (χ3v) is 7.05. The average molecular weight is 470 g/mol. The standard InChI is InChI=1S/C19H23N3O7S2/c1-28-17-9-6-14(11-18(17)30(20,24)25)22-19(23)13-4-7-16(8-5-13)31(26,27)21-12-15-3-2-10-29-15/h4-9,11,15,21H,2-3,10,12H2,1H3,(H,22,23)(H2,20,24,25). The van der Waals surface area contributed by atoms with Crippen molar-refractivity contribution >= 4 is 31.6 Å². The van der Waals surface area contributed by atoms with Gasteiger partial charge in [0.1, 0.15) is 10.6 Å². The predicted octanol–water partition coefficient (Wildman–Crippen LogP) is 1.05. The minimum atomic E-state index is -4.06. The van der Waals surface area contributed by atoms with Crippen molar-refractivity contribution in [2.24, 2.45) is 5.14 Å². The van der Waals surface area contributed by atoms with Crippen molar-refractivity contribution in [1.82, 2.24) is 4.72 Å². The summed E-state index contributed by atoms with van der Waals surface area (Å²) < 4.78 is 61.1. The summed E-state index contributed by atoms with van der Waals surface area (Å²) in [4.78, 5) is 12.2. The SMILES string of the molecule is COc1ccc(NC(=O)c2ccc(S(=O)(=O)NCC3CCCO3)cc2)cc1S(N)(=O)=O. The highest BCUT2D eigenvalue weighted by Gasteiger charge is 2.21. The lowest BCUT2D eigenvalue weighted by Gasteiger charge is -2.12. The Bertz CT molecular complexity index is 1160. The van der Waals surface area contributed by atoms with Crippen molar-refractivity contribution in [1.29, 1.82) is 0 Å². The first-order valence-corrected chi connectivity index (χ1v) is 12.4. The smallest absolute Gasteiger partial charge is 0.255 e. The van der Waals surface area contributed by atoms with E-state index < -0.39 is 26.0 Å². The Morgan fingerprint density at radius 1 is 1.16 bits per heavy atom. The lowest BCUT2D eigenvalue weighted by Crippen LogP contribution is -2.31. The van der Waals surface area contributed by atoms with Crippen LogP contribution < -0.4 is 19.9 Å². The van der Waals surface area contributed by atoms with Crippen LogP contribution in [0.4, 0.5) is 5.69 Å². The molecule has 10 nitrogen and oxygen atoms in total. The maximum Gasteiger partial charge on any atom is 0.255 e. The molecule has 168 valence electrons. The predicted molar refractivity (Wildman–Crippen MR) is 113 cm³/mol. The number of sulfonamides is 2. The summed E-state index contributed by atoms with van der Waals surface area (Å²) >= 11 is 0. The maximum absolute atomic E-state index is 12.5. The lowest BCUT2D eigenvalue weighted by molar-refractivity contribution is 0.102. The Kier molecular flexibility index (Phi) is 6.96. The molecule has 1 aliphatic rings. The Hall–Kier alpha value is -2.51. The second-order valence-corrected chi connectivity index (χ2v) is 10.2. The van der Waals surface area contributed by atoms with Crippen LogP contribution in [0.1, 0.15) is 23.2 Å². The van der Waals surface area contributed by atoms with Gasteiger partial charge in [-0.3, -0.25) is 4.79 Å². The van der Waals surface area contributed by atoms with E-state index >= 15 is 0 Å². The molecule has 0 bridgehead atoms. The summed E-state index contributed by atoms with van der Waals surface area (Å²) in [6.07, 6.45) is 1.58. The van der Waals surface area contributed by atoms with Gasteiger partial charge in [-0.15, -0.1) is 0 Å². The zero-order valence-corrected chi connectivity index (χ0v) is 18.3. The first-order chi connectivity index (χ1) is 14.6. The highest BCUT2D eigenvalue weighted by atomic mass is 32.2. The van der Waals surface area contributed by atoms with Gasteiger partial charge in [-0.25, -0.2) is 26.7 Å². The largest absolute Gasteiger partial charge is 0.495 e. The average Bonchev–Trinajstić information content (AvgIpc) is 3.25. The van der Waals surface area contributed by atoms with Crippen molar-refractivity contribution in [3.63, 3.8) is 0 Å². The highest BCUT2D eigenvalue weighted by molar-refractivity contribution is 7.89. The normalized spacial score (nSPS) is 16.8. The number of methoxy groups -OCH3 is 1. The third kappa shape index (κ3) is 5.80. The Balaban J connectivity index is 1.70. The fourth-order valence-corrected chi connectivity index (χ4v) is 4.85. The summed E-state index contributed by atoms with van der Waals surface area (Å²) in [6.45, 7) is 0.817. The number of amides is 1. The van der Waals surface area contributed by atoms with Crippen LogP contribution in [0, 0.1) is 0 Å². The first-order valence-electron chi connectivity index (χ1n) is 9.34. The van der Waals surface area contributed by atoms with Crippen LogP contribution in [-0.4, -0.2) is 49.1 Å². The first kappa shape index (κ1) is 23.2. The molecule has 0 radical (unpaired) electrons. The number of hydrogen-bond donors (Lipinski definition) is 3. The van der Waals surface area contributed by atoms with Crippen LogP contribution >= 0.6 is 0 Å². The molecule has 1 unspecified atom stereocenters. The lowest BCUT2D eigenvalue weighted by atomic mass is 10.2. The van der Waals surface area contributed by atoms with E-state index in [1.54, 1.807) is 0 Å². The summed E-state index contributed by atoms with van der Waals surface area (Å²) in [5.74, 6) is -0.507. The minimum absolute atomic E-state index is 0.0167. The topological polar surface area (TPSA) is 154 Å². The molecule has 0 saturated carbocycles. The monoisotopic (exact) mass is 469 g/mol. The number of rotatable bonds is 8. The zero-order chi connectivity index (χ0) is 22.6. The van der Waals surface area contributed by atoms with E-state index in [2.05, 4.69) is 10.0 Å². The van der Waals surface area contributed by atoms with Gasteiger partial charge in [-0.05, 0) is 55.3 Å². The number of ether oxygens (including phenoxy) is 2. The second kappa shape index (κ2) is 9.32. The quantitative estimate of drug-likeness (QED) is 0.522. The molecule has 0 aromatic heterocycles. The second-order valence-electron chi connectivity index (χ2n) is 6.88. The third-order valence-electron chi connectivity index (χ3n) is 4.68. The summed E-state index contributed by atoms with van der Waals surface area (Å²) in [5.41, 5.74) is 0.371. The van der Waals surface area contributed by atoms with Crippen LogP contribution in [0.2, 0.25) is 0 Å². The molecule has 1 amide bonds. The number of carbonyl (C=O) groups excluding carboxylic acids is 1. The molecule has 2 aromatic rings. The summed E-state index contributed by atoms with van der Waals surface area (Å²) in [6, 6.07) is 9.36. The van der Waals surface area contributed by atoms with Gasteiger partial charge in [0, 0.05) is 24.4 Å². The van der Waals surface area contributed by atoms with Crippen LogP contribution in [0.15, 0.2) is 52.3 Å². The Morgan fingerprint density at radius 3 is 2.45 bits per heavy atom. The minimum Gasteiger partial charge on any atom is -0.495 e. The number of nitrogens with two attached hydrogens (primary N) is 1. The van der Waals surface area contributed by atoms with E-state index in [0.717, 1.165) is 12.8 Å². The number of carbonyl (C=O) groups is 1. The van der Waals surface area contributed by atoms with E-state index in [1.165, 1.54) is 49.6 Å². The van der Waals surface area contributed by atoms with Crippen molar-refractivity contribution in [3.05, 3.63) is 48.0 Å². The Morgan fingerprint density at radius 2 is 1.87 bits per heavy atom. The van der Waals surface area contributed by atoms with E-state index in [1.807, 2.05) is 0 Å². The van der Waals surface area contributed by atoms with Crippen LogP contribution in [0.25, 0.3) is 0 Å². The van der Waals surface area contributed by atoms with Gasteiger partial charge in [-0.1, -0.05) is 0 Å². The van der Waals surface area contributed by atoms with Gasteiger partial charge in [0.05, 0.1) is 18.1 Å². The Labute approximate surface area is 180 Å². The van der Waals surface area contributed by atoms with E-state index in [-0.39, 0.29) is 39.4 Å². The molecule has 0 aliphatic carbocycles. The van der Waals surface area contributed by atoms with Gasteiger partial charge in [-0.2, -0.15) is 0 Å². The van der Waals surface area contributed by atoms with E-state index in [0.29, 0.717) is 6.61 Å². The fraction of sp³-hybridized carbons (Fsp3) is 0.316. The van der Waals surface area contributed by atoms with Gasteiger partial charge < -0.3 is 14.8 Å². The highest BCUT2D eigenvalue weighted by Crippen LogP contribution is 2.26. The van der Waals surface area contributed by atoms with Gasteiger partial charge in [0.2, 0.25) is 20.0 Å². The molecular formula is C19H23N3O7S2. The van der Waals surface area contributed by atoms with Gasteiger partial charge >= 0.3 is 0 Å². The summed E-state index contributed by atoms with van der Waals surface area (Å²) in [5, 5.41) is 7.72. The van der Waals surface area contributed by atoms with Gasteiger partial charge in [0.25, 0.3) is 5.91 Å². The van der Waals surface area contributed by atoms with Crippen molar-refractivity contribution in [2.75, 3.05) is 25.6 Å². The molecule has 4 N–H and O–H groups in total. The molecular weight excluding hydrogens is 446 g/mol. The van der Waals surface area contributed by atoms with Crippen molar-refractivity contribution < 1.29 is 31.1 Å². The number of benzene rings is 2. The van der Waals surface area contributed by atoms with Crippen molar-refractivity contribution in [3.8, 4) is 5.75 Å². The molecule has 1 heterocycles. The van der Waals surface area contributed by atoms with E-state index in [9.17, 15) is 21.6 Å². The molecule has 1 fully saturated rings.